The number of aromatic carboxylic acids is 1. The molecule has 0 unspecified atom stereocenters. The minimum atomic E-state index is -4.01. The topological polar surface area (TPSA) is 74.7 Å². The summed E-state index contributed by atoms with van der Waals surface area (Å²) in [6.45, 7) is 0.527. The third-order valence-corrected chi connectivity index (χ3v) is 6.11. The average Bonchev–Trinajstić information content (AvgIpc) is 2.77. The number of nitrogens with zero attached hydrogens (tertiary/aromatic N) is 1. The number of rotatable bonds is 3. The highest BCUT2D eigenvalue weighted by Gasteiger charge is 2.29. The molecule has 2 aromatic rings. The molecule has 0 saturated heterocycles. The van der Waals surface area contributed by atoms with Gasteiger partial charge >= 0.3 is 5.97 Å². The van der Waals surface area contributed by atoms with Crippen molar-refractivity contribution in [3.8, 4) is 0 Å². The van der Waals surface area contributed by atoms with Gasteiger partial charge in [-0.25, -0.2) is 17.6 Å². The van der Waals surface area contributed by atoms with E-state index in [-0.39, 0.29) is 18.7 Å². The maximum Gasteiger partial charge on any atom is 0.335 e. The summed E-state index contributed by atoms with van der Waals surface area (Å²) in [5.74, 6) is -2.35. The van der Waals surface area contributed by atoms with Crippen LogP contribution in [0.25, 0.3) is 0 Å². The first-order valence-electron chi connectivity index (χ1n) is 7.49. The fraction of sp³-hybridized carbons (Fsp3) is 0.235. The Morgan fingerprint density at radius 2 is 1.62 bits per heavy atom. The lowest BCUT2D eigenvalue weighted by atomic mass is 10.0. The van der Waals surface area contributed by atoms with Crippen LogP contribution in [0.3, 0.4) is 0 Å². The van der Waals surface area contributed by atoms with Crippen molar-refractivity contribution in [3.05, 3.63) is 65.0 Å². The molecule has 7 heteroatoms. The Bertz CT molecular complexity index is 868. The molecule has 3 rings (SSSR count). The van der Waals surface area contributed by atoms with Crippen molar-refractivity contribution in [2.24, 2.45) is 0 Å². The van der Waals surface area contributed by atoms with E-state index in [2.05, 4.69) is 0 Å². The van der Waals surface area contributed by atoms with E-state index in [1.807, 2.05) is 24.3 Å². The lowest BCUT2D eigenvalue weighted by Gasteiger charge is -2.20. The van der Waals surface area contributed by atoms with E-state index in [1.54, 1.807) is 0 Å². The highest BCUT2D eigenvalue weighted by molar-refractivity contribution is 7.89. The smallest absolute Gasteiger partial charge is 0.335 e. The van der Waals surface area contributed by atoms with E-state index in [4.69, 9.17) is 5.11 Å². The van der Waals surface area contributed by atoms with Crippen molar-refractivity contribution < 1.29 is 22.7 Å². The number of carboxylic acids is 1. The molecule has 2 aromatic carbocycles. The highest BCUT2D eigenvalue weighted by atomic mass is 32.2. The number of benzene rings is 2. The Morgan fingerprint density at radius 3 is 2.12 bits per heavy atom. The number of carbonyl (C=O) groups is 1. The quantitative estimate of drug-likeness (QED) is 0.923. The molecule has 126 valence electrons. The van der Waals surface area contributed by atoms with Crippen LogP contribution < -0.4 is 0 Å². The van der Waals surface area contributed by atoms with Crippen molar-refractivity contribution >= 4 is 16.0 Å². The van der Waals surface area contributed by atoms with Crippen LogP contribution in [0.15, 0.2) is 47.4 Å². The molecule has 0 saturated carbocycles. The number of hydrogen-bond acceptors (Lipinski definition) is 3. The van der Waals surface area contributed by atoms with Crippen molar-refractivity contribution in [2.75, 3.05) is 13.1 Å². The lowest BCUT2D eigenvalue weighted by Crippen LogP contribution is -2.34. The lowest BCUT2D eigenvalue weighted by molar-refractivity contribution is 0.0696. The first kappa shape index (κ1) is 16.6. The number of hydrogen-bond donors (Lipinski definition) is 1. The monoisotopic (exact) mass is 349 g/mol. The first-order valence-corrected chi connectivity index (χ1v) is 8.93. The Morgan fingerprint density at radius 1 is 1.04 bits per heavy atom. The number of fused-ring (bicyclic) bond motifs is 1. The van der Waals surface area contributed by atoms with Crippen molar-refractivity contribution in [3.63, 3.8) is 0 Å². The number of carboxylic acid groups (broad SMARTS) is 1. The van der Waals surface area contributed by atoms with Crippen LogP contribution >= 0.6 is 0 Å². The molecule has 0 radical (unpaired) electrons. The summed E-state index contributed by atoms with van der Waals surface area (Å²) in [5, 5.41) is 8.86. The molecular weight excluding hydrogens is 333 g/mol. The third-order valence-electron chi connectivity index (χ3n) is 4.18. The predicted octanol–water partition coefficient (Wildman–Crippen LogP) is 2.31. The largest absolute Gasteiger partial charge is 0.478 e. The van der Waals surface area contributed by atoms with Gasteiger partial charge in [0.2, 0.25) is 10.0 Å². The van der Waals surface area contributed by atoms with Gasteiger partial charge in [0.05, 0.1) is 5.56 Å². The van der Waals surface area contributed by atoms with Gasteiger partial charge in [-0.3, -0.25) is 0 Å². The summed E-state index contributed by atoms with van der Waals surface area (Å²) < 4.78 is 40.9. The Balaban J connectivity index is 1.90. The molecule has 0 amide bonds. The molecule has 0 fully saturated rings. The zero-order chi connectivity index (χ0) is 17.3. The standard InChI is InChI=1S/C17H16FNO4S/c18-15-11-14(17(20)21)5-6-16(15)24(22,23)19-9-7-12-3-1-2-4-13(12)8-10-19/h1-6,11H,7-10H2,(H,20,21). The van der Waals surface area contributed by atoms with Gasteiger partial charge in [0, 0.05) is 13.1 Å². The second-order valence-corrected chi connectivity index (χ2v) is 7.53. The van der Waals surface area contributed by atoms with E-state index < -0.39 is 26.7 Å². The van der Waals surface area contributed by atoms with Crippen LogP contribution in [0.2, 0.25) is 0 Å². The van der Waals surface area contributed by atoms with E-state index in [9.17, 15) is 17.6 Å². The molecule has 0 aliphatic carbocycles. The molecule has 0 spiro atoms. The summed E-state index contributed by atoms with van der Waals surface area (Å²) in [7, 11) is -4.01. The van der Waals surface area contributed by atoms with Gasteiger partial charge in [-0.05, 0) is 42.2 Å². The Hall–Kier alpha value is -2.25. The fourth-order valence-corrected chi connectivity index (χ4v) is 4.36. The summed E-state index contributed by atoms with van der Waals surface area (Å²) in [5.41, 5.74) is 1.91. The van der Waals surface area contributed by atoms with Gasteiger partial charge < -0.3 is 5.11 Å². The summed E-state index contributed by atoms with van der Waals surface area (Å²) in [6, 6.07) is 10.6. The van der Waals surface area contributed by atoms with Gasteiger partial charge in [-0.2, -0.15) is 4.31 Å². The second kappa shape index (κ2) is 6.33. The van der Waals surface area contributed by atoms with E-state index in [0.29, 0.717) is 12.8 Å². The molecule has 0 aromatic heterocycles. The van der Waals surface area contributed by atoms with Crippen LogP contribution in [-0.2, 0) is 22.9 Å². The van der Waals surface area contributed by atoms with Crippen LogP contribution in [0.5, 0.6) is 0 Å². The van der Waals surface area contributed by atoms with Crippen molar-refractivity contribution in [1.82, 2.24) is 4.31 Å². The van der Waals surface area contributed by atoms with Crippen LogP contribution in [0.1, 0.15) is 21.5 Å². The molecular formula is C17H16FNO4S. The van der Waals surface area contributed by atoms with E-state index in [1.165, 1.54) is 4.31 Å². The minimum absolute atomic E-state index is 0.263. The van der Waals surface area contributed by atoms with Gasteiger partial charge in [0.15, 0.2) is 0 Å². The molecule has 1 heterocycles. The van der Waals surface area contributed by atoms with Crippen molar-refractivity contribution in [1.29, 1.82) is 0 Å². The van der Waals surface area contributed by atoms with Crippen molar-refractivity contribution in [2.45, 2.75) is 17.7 Å². The normalized spacial score (nSPS) is 15.5. The van der Waals surface area contributed by atoms with Crippen LogP contribution in [-0.4, -0.2) is 36.9 Å². The zero-order valence-electron chi connectivity index (χ0n) is 12.8. The van der Waals surface area contributed by atoms with Crippen LogP contribution in [0, 0.1) is 5.82 Å². The SMILES string of the molecule is O=C(O)c1ccc(S(=O)(=O)N2CCc3ccccc3CC2)c(F)c1. The maximum atomic E-state index is 14.2. The number of sulfonamides is 1. The van der Waals surface area contributed by atoms with Gasteiger partial charge in [-0.1, -0.05) is 24.3 Å². The highest BCUT2D eigenvalue weighted by Crippen LogP contribution is 2.24. The fourth-order valence-electron chi connectivity index (χ4n) is 2.87. The molecule has 0 atom stereocenters. The third kappa shape index (κ3) is 3.05. The average molecular weight is 349 g/mol. The van der Waals surface area contributed by atoms with Crippen LogP contribution in [0.4, 0.5) is 4.39 Å². The second-order valence-electron chi connectivity index (χ2n) is 5.62. The minimum Gasteiger partial charge on any atom is -0.478 e. The summed E-state index contributed by atoms with van der Waals surface area (Å²) in [4.78, 5) is 10.4. The zero-order valence-corrected chi connectivity index (χ0v) is 13.6. The molecule has 0 bridgehead atoms. The van der Waals surface area contributed by atoms with Gasteiger partial charge in [0.25, 0.3) is 0 Å². The number of halogens is 1. The Kier molecular flexibility index (Phi) is 4.38. The molecule has 1 aliphatic heterocycles. The summed E-state index contributed by atoms with van der Waals surface area (Å²) in [6.07, 6.45) is 1.12. The van der Waals surface area contributed by atoms with Gasteiger partial charge in [0.1, 0.15) is 10.7 Å². The molecule has 24 heavy (non-hydrogen) atoms. The predicted molar refractivity (Wildman–Crippen MR) is 86.0 cm³/mol. The Labute approximate surface area is 139 Å². The van der Waals surface area contributed by atoms with E-state index in [0.717, 1.165) is 29.3 Å². The molecule has 1 aliphatic rings. The molecule has 5 nitrogen and oxygen atoms in total. The maximum absolute atomic E-state index is 14.2. The van der Waals surface area contributed by atoms with E-state index >= 15 is 0 Å². The van der Waals surface area contributed by atoms with Gasteiger partial charge in [-0.15, -0.1) is 0 Å². The molecule has 1 N–H and O–H groups in total. The first-order chi connectivity index (χ1) is 11.4. The summed E-state index contributed by atoms with van der Waals surface area (Å²) >= 11 is 0.